The maximum absolute atomic E-state index is 12.1. The minimum atomic E-state index is -1.10. The molecule has 1 aromatic carbocycles. The van der Waals surface area contributed by atoms with Crippen LogP contribution in [-0.4, -0.2) is 33.8 Å². The number of nitrogens with zero attached hydrogens (tertiary/aromatic N) is 1. The molecule has 1 aromatic rings. The number of imide groups is 1. The molecule has 2 amide bonds. The van der Waals surface area contributed by atoms with Crippen molar-refractivity contribution in [3.05, 3.63) is 34.9 Å². The summed E-state index contributed by atoms with van der Waals surface area (Å²) in [7, 11) is 0. The highest BCUT2D eigenvalue weighted by molar-refractivity contribution is 6.22. The van der Waals surface area contributed by atoms with Gasteiger partial charge in [-0.05, 0) is 37.5 Å². The standard InChI is InChI=1S/C13H11NO4/c15-11-9-5-4-7(13(17)18)6-10(9)12(16)14(11)8-2-1-3-8/h4-6,8H,1-3H2,(H,17,18). The Bertz CT molecular complexity index is 574. The van der Waals surface area contributed by atoms with Crippen LogP contribution in [0.1, 0.15) is 50.3 Å². The number of hydrogen-bond acceptors (Lipinski definition) is 3. The highest BCUT2D eigenvalue weighted by atomic mass is 16.4. The van der Waals surface area contributed by atoms with Gasteiger partial charge in [-0.25, -0.2) is 4.79 Å². The fourth-order valence-corrected chi connectivity index (χ4v) is 2.37. The van der Waals surface area contributed by atoms with E-state index in [4.69, 9.17) is 5.11 Å². The van der Waals surface area contributed by atoms with Crippen molar-refractivity contribution >= 4 is 17.8 Å². The number of aromatic carboxylic acids is 1. The first-order valence-electron chi connectivity index (χ1n) is 5.85. The predicted molar refractivity (Wildman–Crippen MR) is 61.5 cm³/mol. The molecule has 3 rings (SSSR count). The van der Waals surface area contributed by atoms with Gasteiger partial charge in [-0.15, -0.1) is 0 Å². The van der Waals surface area contributed by atoms with Crippen molar-refractivity contribution in [3.63, 3.8) is 0 Å². The van der Waals surface area contributed by atoms with Gasteiger partial charge in [-0.3, -0.25) is 14.5 Å². The minimum absolute atomic E-state index is 0.00863. The highest BCUT2D eigenvalue weighted by Crippen LogP contribution is 2.33. The summed E-state index contributed by atoms with van der Waals surface area (Å²) in [6.45, 7) is 0. The van der Waals surface area contributed by atoms with Gasteiger partial charge in [0.05, 0.1) is 16.7 Å². The van der Waals surface area contributed by atoms with Crippen LogP contribution in [0.4, 0.5) is 0 Å². The molecular weight excluding hydrogens is 234 g/mol. The molecule has 18 heavy (non-hydrogen) atoms. The molecule has 1 saturated carbocycles. The zero-order chi connectivity index (χ0) is 12.9. The Morgan fingerprint density at radius 1 is 1.17 bits per heavy atom. The van der Waals surface area contributed by atoms with Crippen molar-refractivity contribution in [1.29, 1.82) is 0 Å². The molecule has 1 aliphatic carbocycles. The number of hydrogen-bond donors (Lipinski definition) is 1. The number of carboxylic acids is 1. The Kier molecular flexibility index (Phi) is 2.23. The van der Waals surface area contributed by atoms with Crippen molar-refractivity contribution in [2.24, 2.45) is 0 Å². The molecule has 0 atom stereocenters. The summed E-state index contributed by atoms with van der Waals surface area (Å²) < 4.78 is 0. The highest BCUT2D eigenvalue weighted by Gasteiger charge is 2.42. The monoisotopic (exact) mass is 245 g/mol. The second kappa shape index (κ2) is 3.66. The molecule has 1 fully saturated rings. The van der Waals surface area contributed by atoms with Gasteiger partial charge in [0.25, 0.3) is 11.8 Å². The van der Waals surface area contributed by atoms with Crippen LogP contribution in [0.15, 0.2) is 18.2 Å². The Balaban J connectivity index is 2.04. The molecule has 2 aliphatic rings. The zero-order valence-corrected chi connectivity index (χ0v) is 9.55. The van der Waals surface area contributed by atoms with Crippen LogP contribution in [0.2, 0.25) is 0 Å². The molecule has 0 aromatic heterocycles. The first-order valence-corrected chi connectivity index (χ1v) is 5.85. The van der Waals surface area contributed by atoms with Crippen molar-refractivity contribution in [2.75, 3.05) is 0 Å². The van der Waals surface area contributed by atoms with E-state index in [1.165, 1.54) is 23.1 Å². The summed E-state index contributed by atoms with van der Waals surface area (Å²) in [5.74, 6) is -1.75. The SMILES string of the molecule is O=C(O)c1ccc2c(c1)C(=O)N(C1CCC1)C2=O. The van der Waals surface area contributed by atoms with Crippen LogP contribution in [-0.2, 0) is 0 Å². The Morgan fingerprint density at radius 3 is 2.39 bits per heavy atom. The number of carbonyl (C=O) groups excluding carboxylic acids is 2. The van der Waals surface area contributed by atoms with Gasteiger partial charge in [-0.2, -0.15) is 0 Å². The lowest BCUT2D eigenvalue weighted by Crippen LogP contribution is -2.43. The second-order valence-corrected chi connectivity index (χ2v) is 4.63. The summed E-state index contributed by atoms with van der Waals surface area (Å²) >= 11 is 0. The topological polar surface area (TPSA) is 74.7 Å². The maximum Gasteiger partial charge on any atom is 0.335 e. The third kappa shape index (κ3) is 1.37. The Morgan fingerprint density at radius 2 is 1.83 bits per heavy atom. The fourth-order valence-electron chi connectivity index (χ4n) is 2.37. The largest absolute Gasteiger partial charge is 0.478 e. The number of fused-ring (bicyclic) bond motifs is 1. The van der Waals surface area contributed by atoms with Crippen molar-refractivity contribution < 1.29 is 19.5 Å². The molecule has 0 unspecified atom stereocenters. The van der Waals surface area contributed by atoms with Crippen LogP contribution in [0.5, 0.6) is 0 Å². The first kappa shape index (κ1) is 11.0. The molecular formula is C13H11NO4. The van der Waals surface area contributed by atoms with E-state index in [9.17, 15) is 14.4 Å². The zero-order valence-electron chi connectivity index (χ0n) is 9.55. The van der Waals surface area contributed by atoms with Crippen LogP contribution in [0, 0.1) is 0 Å². The third-order valence-electron chi connectivity index (χ3n) is 3.60. The molecule has 0 saturated heterocycles. The molecule has 1 N–H and O–H groups in total. The lowest BCUT2D eigenvalue weighted by molar-refractivity contribution is 0.0505. The van der Waals surface area contributed by atoms with Gasteiger partial charge in [0, 0.05) is 6.04 Å². The maximum atomic E-state index is 12.1. The average Bonchev–Trinajstić information content (AvgIpc) is 2.52. The molecule has 0 radical (unpaired) electrons. The molecule has 5 heteroatoms. The van der Waals surface area contributed by atoms with Crippen molar-refractivity contribution in [2.45, 2.75) is 25.3 Å². The van der Waals surface area contributed by atoms with E-state index in [1.807, 2.05) is 0 Å². The minimum Gasteiger partial charge on any atom is -0.478 e. The van der Waals surface area contributed by atoms with E-state index in [0.29, 0.717) is 5.56 Å². The van der Waals surface area contributed by atoms with E-state index in [1.54, 1.807) is 0 Å². The van der Waals surface area contributed by atoms with Gasteiger partial charge in [0.15, 0.2) is 0 Å². The van der Waals surface area contributed by atoms with E-state index in [0.717, 1.165) is 19.3 Å². The number of rotatable bonds is 2. The molecule has 1 heterocycles. The van der Waals surface area contributed by atoms with Crippen LogP contribution in [0.3, 0.4) is 0 Å². The normalized spacial score (nSPS) is 18.8. The fraction of sp³-hybridized carbons (Fsp3) is 0.308. The summed E-state index contributed by atoms with van der Waals surface area (Å²) in [4.78, 5) is 36.3. The average molecular weight is 245 g/mol. The first-order chi connectivity index (χ1) is 8.59. The van der Waals surface area contributed by atoms with E-state index >= 15 is 0 Å². The van der Waals surface area contributed by atoms with Gasteiger partial charge < -0.3 is 5.11 Å². The van der Waals surface area contributed by atoms with Crippen molar-refractivity contribution in [1.82, 2.24) is 4.90 Å². The molecule has 0 spiro atoms. The number of amides is 2. The van der Waals surface area contributed by atoms with Gasteiger partial charge in [0.2, 0.25) is 0 Å². The van der Waals surface area contributed by atoms with Crippen molar-refractivity contribution in [3.8, 4) is 0 Å². The number of carbonyl (C=O) groups is 3. The Labute approximate surface area is 103 Å². The summed E-state index contributed by atoms with van der Waals surface area (Å²) in [6.07, 6.45) is 2.72. The predicted octanol–water partition coefficient (Wildman–Crippen LogP) is 1.53. The van der Waals surface area contributed by atoms with E-state index < -0.39 is 5.97 Å². The summed E-state index contributed by atoms with van der Waals surface area (Å²) in [6, 6.07) is 4.07. The van der Waals surface area contributed by atoms with Crippen LogP contribution < -0.4 is 0 Å². The van der Waals surface area contributed by atoms with Gasteiger partial charge in [0.1, 0.15) is 0 Å². The number of benzene rings is 1. The van der Waals surface area contributed by atoms with E-state index in [2.05, 4.69) is 0 Å². The second-order valence-electron chi connectivity index (χ2n) is 4.63. The number of carboxylic acid groups (broad SMARTS) is 1. The molecule has 0 bridgehead atoms. The lowest BCUT2D eigenvalue weighted by atomic mass is 9.91. The molecule has 5 nitrogen and oxygen atoms in total. The quantitative estimate of drug-likeness (QED) is 0.802. The third-order valence-corrected chi connectivity index (χ3v) is 3.60. The van der Waals surface area contributed by atoms with E-state index in [-0.39, 0.29) is 29.0 Å². The summed E-state index contributed by atoms with van der Waals surface area (Å²) in [5.41, 5.74) is 0.564. The smallest absolute Gasteiger partial charge is 0.335 e. The van der Waals surface area contributed by atoms with Gasteiger partial charge in [-0.1, -0.05) is 0 Å². The molecule has 1 aliphatic heterocycles. The van der Waals surface area contributed by atoms with Crippen LogP contribution in [0.25, 0.3) is 0 Å². The Hall–Kier alpha value is -2.17. The van der Waals surface area contributed by atoms with Crippen LogP contribution >= 0.6 is 0 Å². The lowest BCUT2D eigenvalue weighted by Gasteiger charge is -2.32. The molecule has 92 valence electrons. The van der Waals surface area contributed by atoms with Gasteiger partial charge >= 0.3 is 5.97 Å². The summed E-state index contributed by atoms with van der Waals surface area (Å²) in [5, 5.41) is 8.89.